The maximum absolute atomic E-state index is 13.6. The van der Waals surface area contributed by atoms with Gasteiger partial charge in [0.1, 0.15) is 5.82 Å². The molecule has 0 aliphatic heterocycles. The van der Waals surface area contributed by atoms with Gasteiger partial charge in [-0.15, -0.1) is 0 Å². The molecule has 96 valence electrons. The summed E-state index contributed by atoms with van der Waals surface area (Å²) in [7, 11) is 0. The molecule has 1 aromatic carbocycles. The molecule has 0 amide bonds. The summed E-state index contributed by atoms with van der Waals surface area (Å²) in [6.07, 6.45) is 2.32. The molecule has 0 heterocycles. The predicted octanol–water partition coefficient (Wildman–Crippen LogP) is 4.22. The summed E-state index contributed by atoms with van der Waals surface area (Å²) in [5.41, 5.74) is 1.78. The molecule has 1 aromatic rings. The first kappa shape index (κ1) is 14.2. The maximum Gasteiger partial charge on any atom is 0.126 e. The van der Waals surface area contributed by atoms with E-state index in [0.717, 1.165) is 24.9 Å². The first-order chi connectivity index (χ1) is 8.10. The third-order valence-electron chi connectivity index (χ3n) is 3.29. The van der Waals surface area contributed by atoms with Crippen LogP contribution in [0.25, 0.3) is 0 Å². The van der Waals surface area contributed by atoms with Gasteiger partial charge in [0, 0.05) is 6.04 Å². The van der Waals surface area contributed by atoms with E-state index >= 15 is 0 Å². The second kappa shape index (κ2) is 6.75. The molecular formula is C15H24FN. The topological polar surface area (TPSA) is 12.0 Å². The summed E-state index contributed by atoms with van der Waals surface area (Å²) in [5, 5.41) is 3.46. The van der Waals surface area contributed by atoms with Gasteiger partial charge in [-0.3, -0.25) is 0 Å². The molecule has 0 saturated carbocycles. The van der Waals surface area contributed by atoms with E-state index in [1.807, 2.05) is 12.1 Å². The van der Waals surface area contributed by atoms with Gasteiger partial charge in [0.25, 0.3) is 0 Å². The fourth-order valence-electron chi connectivity index (χ4n) is 2.29. The zero-order valence-corrected chi connectivity index (χ0v) is 11.4. The number of hydrogen-bond acceptors (Lipinski definition) is 1. The molecule has 0 aliphatic rings. The highest BCUT2D eigenvalue weighted by molar-refractivity contribution is 5.26. The van der Waals surface area contributed by atoms with Crippen LogP contribution in [-0.4, -0.2) is 6.54 Å². The first-order valence-electron chi connectivity index (χ1n) is 6.59. The first-order valence-corrected chi connectivity index (χ1v) is 6.59. The molecule has 0 spiro atoms. The highest BCUT2D eigenvalue weighted by atomic mass is 19.1. The average molecular weight is 237 g/mol. The summed E-state index contributed by atoms with van der Waals surface area (Å²) < 4.78 is 13.6. The molecule has 2 atom stereocenters. The second-order valence-corrected chi connectivity index (χ2v) is 4.81. The van der Waals surface area contributed by atoms with Gasteiger partial charge in [-0.25, -0.2) is 4.39 Å². The fourth-order valence-corrected chi connectivity index (χ4v) is 2.29. The van der Waals surface area contributed by atoms with Gasteiger partial charge < -0.3 is 5.32 Å². The summed E-state index contributed by atoms with van der Waals surface area (Å²) in [6.45, 7) is 9.23. The van der Waals surface area contributed by atoms with Crippen molar-refractivity contribution in [3.8, 4) is 0 Å². The Morgan fingerprint density at radius 1 is 1.29 bits per heavy atom. The lowest BCUT2D eigenvalue weighted by Gasteiger charge is -2.25. The average Bonchev–Trinajstić information content (AvgIpc) is 2.30. The van der Waals surface area contributed by atoms with Gasteiger partial charge in [-0.1, -0.05) is 39.3 Å². The molecule has 0 aromatic heterocycles. The quantitative estimate of drug-likeness (QED) is 0.781. The molecule has 1 rings (SSSR count). The number of halogens is 1. The molecule has 0 aliphatic carbocycles. The summed E-state index contributed by atoms with van der Waals surface area (Å²) in [5.74, 6) is 0.427. The van der Waals surface area contributed by atoms with Crippen molar-refractivity contribution in [2.75, 3.05) is 6.54 Å². The van der Waals surface area contributed by atoms with Crippen LogP contribution in [0.1, 0.15) is 50.8 Å². The standard InChI is InChI=1S/C15H24FN/c1-5-7-12(4)15(17-6-2)13-9-8-11(3)14(16)10-13/h8-10,12,15,17H,5-7H2,1-4H3. The van der Waals surface area contributed by atoms with Crippen LogP contribution in [0.3, 0.4) is 0 Å². The van der Waals surface area contributed by atoms with Gasteiger partial charge >= 0.3 is 0 Å². The smallest absolute Gasteiger partial charge is 0.126 e. The van der Waals surface area contributed by atoms with E-state index in [9.17, 15) is 4.39 Å². The lowest BCUT2D eigenvalue weighted by molar-refractivity contribution is 0.368. The minimum Gasteiger partial charge on any atom is -0.310 e. The Labute approximate surface area is 104 Å². The summed E-state index contributed by atoms with van der Waals surface area (Å²) >= 11 is 0. The summed E-state index contributed by atoms with van der Waals surface area (Å²) in [4.78, 5) is 0. The molecule has 1 N–H and O–H groups in total. The van der Waals surface area contributed by atoms with E-state index < -0.39 is 0 Å². The minimum absolute atomic E-state index is 0.103. The number of rotatable bonds is 6. The Kier molecular flexibility index (Phi) is 5.63. The van der Waals surface area contributed by atoms with Gasteiger partial charge in [-0.05, 0) is 43.0 Å². The van der Waals surface area contributed by atoms with E-state index in [2.05, 4.69) is 26.1 Å². The van der Waals surface area contributed by atoms with Gasteiger partial charge in [0.2, 0.25) is 0 Å². The van der Waals surface area contributed by atoms with Crippen molar-refractivity contribution in [2.45, 2.75) is 46.6 Å². The van der Waals surface area contributed by atoms with Crippen molar-refractivity contribution in [1.29, 1.82) is 0 Å². The van der Waals surface area contributed by atoms with Crippen LogP contribution >= 0.6 is 0 Å². The van der Waals surface area contributed by atoms with E-state index in [-0.39, 0.29) is 11.9 Å². The minimum atomic E-state index is -0.103. The van der Waals surface area contributed by atoms with Crippen LogP contribution in [0.2, 0.25) is 0 Å². The van der Waals surface area contributed by atoms with E-state index in [1.54, 1.807) is 13.0 Å². The lowest BCUT2D eigenvalue weighted by atomic mass is 9.90. The fraction of sp³-hybridized carbons (Fsp3) is 0.600. The Bertz CT molecular complexity index is 349. The molecule has 0 fully saturated rings. The highest BCUT2D eigenvalue weighted by Crippen LogP contribution is 2.26. The molecule has 2 unspecified atom stereocenters. The van der Waals surface area contributed by atoms with Crippen molar-refractivity contribution in [3.05, 3.63) is 35.1 Å². The van der Waals surface area contributed by atoms with Crippen molar-refractivity contribution in [1.82, 2.24) is 5.32 Å². The largest absolute Gasteiger partial charge is 0.310 e. The SMILES string of the molecule is CCCC(C)C(NCC)c1ccc(C)c(F)c1. The second-order valence-electron chi connectivity index (χ2n) is 4.81. The van der Waals surface area contributed by atoms with Gasteiger partial charge in [0.15, 0.2) is 0 Å². The zero-order valence-electron chi connectivity index (χ0n) is 11.4. The van der Waals surface area contributed by atoms with Crippen LogP contribution in [-0.2, 0) is 0 Å². The number of aryl methyl sites for hydroxylation is 1. The normalized spacial score (nSPS) is 14.6. The monoisotopic (exact) mass is 237 g/mol. The third-order valence-corrected chi connectivity index (χ3v) is 3.29. The molecule has 2 heteroatoms. The number of hydrogen-bond donors (Lipinski definition) is 1. The number of benzene rings is 1. The van der Waals surface area contributed by atoms with Crippen LogP contribution in [0.4, 0.5) is 4.39 Å². The van der Waals surface area contributed by atoms with Crippen LogP contribution in [0.15, 0.2) is 18.2 Å². The lowest BCUT2D eigenvalue weighted by Crippen LogP contribution is -2.27. The Morgan fingerprint density at radius 2 is 2.00 bits per heavy atom. The molecule has 0 bridgehead atoms. The summed E-state index contributed by atoms with van der Waals surface area (Å²) in [6, 6.07) is 5.84. The molecule has 0 radical (unpaired) electrons. The number of nitrogens with one attached hydrogen (secondary N) is 1. The van der Waals surface area contributed by atoms with E-state index in [4.69, 9.17) is 0 Å². The van der Waals surface area contributed by atoms with Crippen LogP contribution in [0, 0.1) is 18.7 Å². The van der Waals surface area contributed by atoms with Crippen molar-refractivity contribution >= 4 is 0 Å². The Hall–Kier alpha value is -0.890. The Balaban J connectivity index is 2.92. The maximum atomic E-state index is 13.6. The Morgan fingerprint density at radius 3 is 2.53 bits per heavy atom. The molecule has 1 nitrogen and oxygen atoms in total. The van der Waals surface area contributed by atoms with Crippen molar-refractivity contribution in [2.24, 2.45) is 5.92 Å². The van der Waals surface area contributed by atoms with Gasteiger partial charge in [-0.2, -0.15) is 0 Å². The molecular weight excluding hydrogens is 213 g/mol. The predicted molar refractivity (Wildman–Crippen MR) is 71.6 cm³/mol. The third kappa shape index (κ3) is 3.81. The van der Waals surface area contributed by atoms with Crippen LogP contribution in [0.5, 0.6) is 0 Å². The van der Waals surface area contributed by atoms with E-state index in [1.165, 1.54) is 0 Å². The van der Waals surface area contributed by atoms with Crippen molar-refractivity contribution in [3.63, 3.8) is 0 Å². The molecule has 17 heavy (non-hydrogen) atoms. The van der Waals surface area contributed by atoms with Crippen molar-refractivity contribution < 1.29 is 4.39 Å². The molecule has 0 saturated heterocycles. The zero-order chi connectivity index (χ0) is 12.8. The highest BCUT2D eigenvalue weighted by Gasteiger charge is 2.18. The van der Waals surface area contributed by atoms with Gasteiger partial charge in [0.05, 0.1) is 0 Å². The van der Waals surface area contributed by atoms with Crippen LogP contribution < -0.4 is 5.32 Å². The van der Waals surface area contributed by atoms with E-state index in [0.29, 0.717) is 11.5 Å².